The third-order valence-electron chi connectivity index (χ3n) is 3.83. The van der Waals surface area contributed by atoms with Crippen molar-refractivity contribution in [3.63, 3.8) is 0 Å². The van der Waals surface area contributed by atoms with E-state index in [1.165, 1.54) is 44.6 Å². The molecule has 1 amide bonds. The number of hydrogen-bond donors (Lipinski definition) is 0. The molecule has 0 saturated carbocycles. The van der Waals surface area contributed by atoms with E-state index < -0.39 is 21.7 Å². The predicted octanol–water partition coefficient (Wildman–Crippen LogP) is 4.58. The highest BCUT2D eigenvalue weighted by atomic mass is 79.9. The van der Waals surface area contributed by atoms with Gasteiger partial charge in [-0.3, -0.25) is 0 Å². The number of carbonyl (C=O) groups excluding carboxylic acids is 1. The topological polar surface area (TPSA) is 82.1 Å². The largest absolute Gasteiger partial charge is 0.493 e. The molecule has 0 aliphatic carbocycles. The number of hydrogen-bond acceptors (Lipinski definition) is 6. The molecule has 0 saturated heterocycles. The van der Waals surface area contributed by atoms with Crippen LogP contribution in [0.25, 0.3) is 0 Å². The number of methoxy groups -OCH3 is 2. The van der Waals surface area contributed by atoms with Gasteiger partial charge in [0.15, 0.2) is 11.5 Å². The Morgan fingerprint density at radius 1 is 1.06 bits per heavy atom. The molecule has 0 bridgehead atoms. The Bertz CT molecular complexity index is 1110. The molecular weight excluding hydrogens is 486 g/mol. The number of alkyl halides is 1. The average molecular weight is 510 g/mol. The van der Waals surface area contributed by atoms with E-state index in [1.54, 1.807) is 32.9 Å². The number of carbonyl (C=O) groups is 1. The van der Waals surface area contributed by atoms with Crippen molar-refractivity contribution in [2.75, 3.05) is 23.9 Å². The summed E-state index contributed by atoms with van der Waals surface area (Å²) < 4.78 is 43.5. The van der Waals surface area contributed by atoms with Crippen LogP contribution in [0.15, 0.2) is 47.4 Å². The second-order valence-corrected chi connectivity index (χ2v) is 9.60. The van der Waals surface area contributed by atoms with Gasteiger partial charge in [0.05, 0.1) is 30.1 Å². The van der Waals surface area contributed by atoms with Gasteiger partial charge >= 0.3 is 6.09 Å². The molecule has 0 aliphatic rings. The summed E-state index contributed by atoms with van der Waals surface area (Å²) in [6, 6.07) is 10.4. The van der Waals surface area contributed by atoms with Gasteiger partial charge in [-0.25, -0.2) is 13.2 Å². The zero-order valence-electron chi connectivity index (χ0n) is 17.9. The fourth-order valence-corrected chi connectivity index (χ4v) is 4.07. The fraction of sp³-hybridized carbons (Fsp3) is 0.318. The van der Waals surface area contributed by atoms with Crippen LogP contribution >= 0.6 is 15.9 Å². The van der Waals surface area contributed by atoms with Crippen LogP contribution in [-0.2, 0) is 14.8 Å². The number of sulfonamides is 1. The summed E-state index contributed by atoms with van der Waals surface area (Å²) in [7, 11) is -1.46. The third kappa shape index (κ3) is 6.15. The number of nitrogens with zero attached hydrogens (tertiary/aromatic N) is 1. The summed E-state index contributed by atoms with van der Waals surface area (Å²) in [5.41, 5.74) is -0.370. The Morgan fingerprint density at radius 2 is 1.74 bits per heavy atom. The van der Waals surface area contributed by atoms with Crippen LogP contribution in [0.2, 0.25) is 0 Å². The average Bonchev–Trinajstić information content (AvgIpc) is 2.70. The maximum absolute atomic E-state index is 13.5. The van der Waals surface area contributed by atoms with Crippen LogP contribution in [0.4, 0.5) is 10.5 Å². The highest BCUT2D eigenvalue weighted by Crippen LogP contribution is 2.34. The Labute approximate surface area is 191 Å². The molecule has 0 N–H and O–H groups in total. The minimum Gasteiger partial charge on any atom is -0.493 e. The SMILES string of the molecule is COc1ccc(N(C(=O)OC(C)(C)C)S(=O)(=O)c2cccc(C#CCBr)c2)cc1OC. The van der Waals surface area contributed by atoms with Gasteiger partial charge in [0.1, 0.15) is 5.60 Å². The molecule has 0 radical (unpaired) electrons. The molecule has 0 fully saturated rings. The summed E-state index contributed by atoms with van der Waals surface area (Å²) in [5, 5.41) is 0.444. The van der Waals surface area contributed by atoms with Crippen molar-refractivity contribution in [3.8, 4) is 23.3 Å². The van der Waals surface area contributed by atoms with Gasteiger partial charge in [-0.2, -0.15) is 4.31 Å². The van der Waals surface area contributed by atoms with Crippen LogP contribution < -0.4 is 13.8 Å². The van der Waals surface area contributed by atoms with Gasteiger partial charge in [0.2, 0.25) is 0 Å². The maximum atomic E-state index is 13.5. The molecule has 0 heterocycles. The van der Waals surface area contributed by atoms with Gasteiger partial charge in [-0.1, -0.05) is 33.8 Å². The van der Waals surface area contributed by atoms with E-state index in [1.807, 2.05) is 0 Å². The van der Waals surface area contributed by atoms with E-state index in [0.717, 1.165) is 0 Å². The highest BCUT2D eigenvalue weighted by molar-refractivity contribution is 9.09. The normalized spacial score (nSPS) is 11.2. The number of halogens is 1. The molecule has 166 valence electrons. The monoisotopic (exact) mass is 509 g/mol. The number of rotatable bonds is 5. The second-order valence-electron chi connectivity index (χ2n) is 7.25. The molecule has 0 atom stereocenters. The molecule has 2 aromatic carbocycles. The van der Waals surface area contributed by atoms with Crippen molar-refractivity contribution in [1.82, 2.24) is 0 Å². The van der Waals surface area contributed by atoms with Gasteiger partial charge < -0.3 is 14.2 Å². The van der Waals surface area contributed by atoms with Crippen molar-refractivity contribution < 1.29 is 27.4 Å². The van der Waals surface area contributed by atoms with Gasteiger partial charge in [0, 0.05) is 11.6 Å². The number of benzene rings is 2. The molecular formula is C22H24BrNO6S. The zero-order valence-corrected chi connectivity index (χ0v) is 20.3. The van der Waals surface area contributed by atoms with E-state index in [2.05, 4.69) is 27.8 Å². The molecule has 31 heavy (non-hydrogen) atoms. The molecule has 0 unspecified atom stereocenters. The van der Waals surface area contributed by atoms with Crippen molar-refractivity contribution in [2.45, 2.75) is 31.3 Å². The molecule has 0 spiro atoms. The predicted molar refractivity (Wildman–Crippen MR) is 123 cm³/mol. The lowest BCUT2D eigenvalue weighted by Gasteiger charge is -2.27. The first-order valence-electron chi connectivity index (χ1n) is 9.18. The number of anilines is 1. The van der Waals surface area contributed by atoms with Crippen molar-refractivity contribution in [1.29, 1.82) is 0 Å². The highest BCUT2D eigenvalue weighted by Gasteiger charge is 2.35. The number of ether oxygens (including phenoxy) is 3. The van der Waals surface area contributed by atoms with Crippen LogP contribution in [0.1, 0.15) is 26.3 Å². The summed E-state index contributed by atoms with van der Waals surface area (Å²) in [5.74, 6) is 6.33. The lowest BCUT2D eigenvalue weighted by molar-refractivity contribution is 0.0609. The summed E-state index contributed by atoms with van der Waals surface area (Å²) in [4.78, 5) is 12.9. The molecule has 7 nitrogen and oxygen atoms in total. The standard InChI is InChI=1S/C22H24BrNO6S/c1-22(2,3)30-21(25)24(17-11-12-19(28-4)20(15-17)29-5)31(26,27)18-10-6-8-16(14-18)9-7-13-23/h6,8,10-12,14-15H,13H2,1-5H3. The van der Waals surface area contributed by atoms with Gasteiger partial charge in [-0.15, -0.1) is 0 Å². The van der Waals surface area contributed by atoms with Crippen LogP contribution in [0, 0.1) is 11.8 Å². The van der Waals surface area contributed by atoms with Gasteiger partial charge in [-0.05, 0) is 51.1 Å². The molecule has 0 aliphatic heterocycles. The second kappa shape index (κ2) is 10.1. The van der Waals surface area contributed by atoms with Gasteiger partial charge in [0.25, 0.3) is 10.0 Å². The maximum Gasteiger partial charge on any atom is 0.429 e. The summed E-state index contributed by atoms with van der Waals surface area (Å²) >= 11 is 3.21. The molecule has 2 aromatic rings. The van der Waals surface area contributed by atoms with E-state index in [-0.39, 0.29) is 16.3 Å². The van der Waals surface area contributed by atoms with E-state index >= 15 is 0 Å². The molecule has 2 rings (SSSR count). The van der Waals surface area contributed by atoms with Crippen LogP contribution in [-0.4, -0.2) is 39.7 Å². The van der Waals surface area contributed by atoms with Crippen molar-refractivity contribution >= 4 is 37.7 Å². The quantitative estimate of drug-likeness (QED) is 0.433. The number of amides is 1. The Hall–Kier alpha value is -2.70. The summed E-state index contributed by atoms with van der Waals surface area (Å²) in [6.07, 6.45) is -1.04. The Balaban J connectivity index is 2.66. The molecule has 9 heteroatoms. The Kier molecular flexibility index (Phi) is 7.98. The minimum absolute atomic E-state index is 0.0452. The first-order valence-corrected chi connectivity index (χ1v) is 11.7. The Morgan fingerprint density at radius 3 is 2.32 bits per heavy atom. The fourth-order valence-electron chi connectivity index (χ4n) is 2.57. The van der Waals surface area contributed by atoms with E-state index in [4.69, 9.17) is 14.2 Å². The third-order valence-corrected chi connectivity index (χ3v) is 5.80. The first kappa shape index (κ1) is 24.6. The molecule has 0 aromatic heterocycles. The van der Waals surface area contributed by atoms with Crippen LogP contribution in [0.5, 0.6) is 11.5 Å². The first-order chi connectivity index (χ1) is 14.5. The van der Waals surface area contributed by atoms with E-state index in [0.29, 0.717) is 20.9 Å². The minimum atomic E-state index is -4.33. The van der Waals surface area contributed by atoms with Crippen LogP contribution in [0.3, 0.4) is 0 Å². The smallest absolute Gasteiger partial charge is 0.429 e. The van der Waals surface area contributed by atoms with Crippen molar-refractivity contribution in [3.05, 3.63) is 48.0 Å². The lowest BCUT2D eigenvalue weighted by atomic mass is 10.2. The van der Waals surface area contributed by atoms with E-state index in [9.17, 15) is 13.2 Å². The van der Waals surface area contributed by atoms with Crippen molar-refractivity contribution in [2.24, 2.45) is 0 Å². The zero-order chi connectivity index (χ0) is 23.2. The summed E-state index contributed by atoms with van der Waals surface area (Å²) in [6.45, 7) is 4.96. The lowest BCUT2D eigenvalue weighted by Crippen LogP contribution is -2.41.